The third-order valence-corrected chi connectivity index (χ3v) is 2.63. The van der Waals surface area contributed by atoms with Crippen LogP contribution in [0.15, 0.2) is 30.5 Å². The Morgan fingerprint density at radius 1 is 1.20 bits per heavy atom. The molecule has 0 saturated heterocycles. The van der Waals surface area contributed by atoms with Crippen LogP contribution in [0.2, 0.25) is 0 Å². The lowest BCUT2D eigenvalue weighted by atomic mass is 10.1. The molecule has 0 saturated carbocycles. The van der Waals surface area contributed by atoms with Gasteiger partial charge in [-0.15, -0.1) is 0 Å². The molecule has 0 atom stereocenters. The number of para-hydroxylation sites is 1. The van der Waals surface area contributed by atoms with Gasteiger partial charge in [0.15, 0.2) is 0 Å². The van der Waals surface area contributed by atoms with Crippen molar-refractivity contribution in [1.82, 2.24) is 4.98 Å². The van der Waals surface area contributed by atoms with E-state index in [9.17, 15) is 0 Å². The molecule has 15 heavy (non-hydrogen) atoms. The second-order valence-electron chi connectivity index (χ2n) is 3.69. The third kappa shape index (κ3) is 2.37. The van der Waals surface area contributed by atoms with E-state index in [1.165, 1.54) is 16.5 Å². The molecule has 0 spiro atoms. The van der Waals surface area contributed by atoms with Crippen LogP contribution in [0.1, 0.15) is 18.4 Å². The number of nitrogens with two attached hydrogens (primary N) is 1. The van der Waals surface area contributed by atoms with Crippen molar-refractivity contribution in [2.45, 2.75) is 19.3 Å². The van der Waals surface area contributed by atoms with E-state index in [-0.39, 0.29) is 0 Å². The van der Waals surface area contributed by atoms with Crippen LogP contribution >= 0.6 is 0 Å². The lowest BCUT2D eigenvalue weighted by molar-refractivity contribution is 0.134. The first-order chi connectivity index (χ1) is 7.42. The minimum absolute atomic E-state index is 0.641. The molecule has 1 heterocycles. The van der Waals surface area contributed by atoms with E-state index in [1.807, 2.05) is 6.07 Å². The standard InChI is InChI=1S/C12H16N2O/c13-15-8-4-3-5-10-9-14-12-7-2-1-6-11(10)12/h1-2,6-7,9,14H,3-5,8,13H2. The summed E-state index contributed by atoms with van der Waals surface area (Å²) >= 11 is 0. The van der Waals surface area contributed by atoms with Gasteiger partial charge in [-0.2, -0.15) is 0 Å². The first-order valence-electron chi connectivity index (χ1n) is 5.28. The number of rotatable bonds is 5. The molecular weight excluding hydrogens is 188 g/mol. The number of nitrogens with one attached hydrogen (secondary N) is 1. The minimum Gasteiger partial charge on any atom is -0.361 e. The number of aromatic amines is 1. The number of unbranched alkanes of at least 4 members (excludes halogenated alkanes) is 1. The van der Waals surface area contributed by atoms with E-state index in [0.29, 0.717) is 6.61 Å². The molecule has 0 fully saturated rings. The van der Waals surface area contributed by atoms with Gasteiger partial charge in [0.1, 0.15) is 0 Å². The van der Waals surface area contributed by atoms with Crippen molar-refractivity contribution < 1.29 is 4.84 Å². The van der Waals surface area contributed by atoms with Crippen molar-refractivity contribution in [2.24, 2.45) is 5.90 Å². The average Bonchev–Trinajstić information content (AvgIpc) is 2.68. The summed E-state index contributed by atoms with van der Waals surface area (Å²) in [6, 6.07) is 8.37. The number of aryl methyl sites for hydroxylation is 1. The largest absolute Gasteiger partial charge is 0.361 e. The Hall–Kier alpha value is -1.32. The molecule has 0 radical (unpaired) electrons. The van der Waals surface area contributed by atoms with E-state index in [1.54, 1.807) is 0 Å². The molecule has 2 rings (SSSR count). The summed E-state index contributed by atoms with van der Waals surface area (Å²) in [6.45, 7) is 0.641. The fourth-order valence-electron chi connectivity index (χ4n) is 1.84. The molecule has 1 aromatic heterocycles. The van der Waals surface area contributed by atoms with Gasteiger partial charge in [-0.05, 0) is 30.9 Å². The fraction of sp³-hybridized carbons (Fsp3) is 0.333. The van der Waals surface area contributed by atoms with Crippen molar-refractivity contribution in [2.75, 3.05) is 6.61 Å². The Balaban J connectivity index is 2.02. The van der Waals surface area contributed by atoms with Gasteiger partial charge >= 0.3 is 0 Å². The van der Waals surface area contributed by atoms with Gasteiger partial charge in [-0.25, -0.2) is 5.90 Å². The van der Waals surface area contributed by atoms with Gasteiger partial charge in [0.2, 0.25) is 0 Å². The molecule has 80 valence electrons. The molecule has 0 bridgehead atoms. The Bertz CT molecular complexity index is 422. The van der Waals surface area contributed by atoms with Gasteiger partial charge in [0, 0.05) is 17.1 Å². The monoisotopic (exact) mass is 204 g/mol. The summed E-state index contributed by atoms with van der Waals surface area (Å²) in [4.78, 5) is 7.81. The van der Waals surface area contributed by atoms with E-state index in [2.05, 4.69) is 34.2 Å². The quantitative estimate of drug-likeness (QED) is 0.580. The second-order valence-corrected chi connectivity index (χ2v) is 3.69. The molecule has 0 aliphatic heterocycles. The van der Waals surface area contributed by atoms with E-state index in [0.717, 1.165) is 19.3 Å². The minimum atomic E-state index is 0.641. The predicted molar refractivity (Wildman–Crippen MR) is 61.4 cm³/mol. The summed E-state index contributed by atoms with van der Waals surface area (Å²) in [6.07, 6.45) is 5.29. The second kappa shape index (κ2) is 4.96. The zero-order valence-corrected chi connectivity index (χ0v) is 8.70. The number of benzene rings is 1. The maximum Gasteiger partial charge on any atom is 0.0679 e. The van der Waals surface area contributed by atoms with Crippen LogP contribution in [0.3, 0.4) is 0 Å². The fourth-order valence-corrected chi connectivity index (χ4v) is 1.84. The highest BCUT2D eigenvalue weighted by Crippen LogP contribution is 2.19. The molecule has 0 unspecified atom stereocenters. The molecule has 3 heteroatoms. The maximum absolute atomic E-state index is 4.97. The number of fused-ring (bicyclic) bond motifs is 1. The first-order valence-corrected chi connectivity index (χ1v) is 5.28. The van der Waals surface area contributed by atoms with Crippen LogP contribution in [0.5, 0.6) is 0 Å². The zero-order valence-electron chi connectivity index (χ0n) is 8.70. The predicted octanol–water partition coefficient (Wildman–Crippen LogP) is 2.38. The summed E-state index contributed by atoms with van der Waals surface area (Å²) in [5.74, 6) is 4.97. The molecule has 2 aromatic rings. The van der Waals surface area contributed by atoms with Gasteiger partial charge in [0.25, 0.3) is 0 Å². The smallest absolute Gasteiger partial charge is 0.0679 e. The highest BCUT2D eigenvalue weighted by atomic mass is 16.6. The Morgan fingerprint density at radius 3 is 2.93 bits per heavy atom. The molecule has 3 nitrogen and oxygen atoms in total. The summed E-state index contributed by atoms with van der Waals surface area (Å²) in [5, 5.41) is 1.33. The Kier molecular flexibility index (Phi) is 3.37. The highest BCUT2D eigenvalue weighted by molar-refractivity contribution is 5.82. The van der Waals surface area contributed by atoms with Gasteiger partial charge in [-0.1, -0.05) is 18.2 Å². The van der Waals surface area contributed by atoms with Crippen LogP contribution in [-0.4, -0.2) is 11.6 Å². The molecule has 1 aromatic carbocycles. The van der Waals surface area contributed by atoms with Crippen LogP contribution in [0, 0.1) is 0 Å². The normalized spacial score (nSPS) is 11.0. The molecule has 3 N–H and O–H groups in total. The Morgan fingerprint density at radius 2 is 2.07 bits per heavy atom. The highest BCUT2D eigenvalue weighted by Gasteiger charge is 2.01. The van der Waals surface area contributed by atoms with Crippen molar-refractivity contribution in [3.8, 4) is 0 Å². The van der Waals surface area contributed by atoms with Gasteiger partial charge < -0.3 is 9.82 Å². The van der Waals surface area contributed by atoms with Crippen molar-refractivity contribution >= 4 is 10.9 Å². The molecular formula is C12H16N2O. The third-order valence-electron chi connectivity index (χ3n) is 2.63. The van der Waals surface area contributed by atoms with Crippen molar-refractivity contribution in [3.05, 3.63) is 36.0 Å². The molecule has 0 aliphatic rings. The lowest BCUT2D eigenvalue weighted by Gasteiger charge is -1.99. The van der Waals surface area contributed by atoms with Crippen LogP contribution < -0.4 is 5.90 Å². The van der Waals surface area contributed by atoms with E-state index in [4.69, 9.17) is 5.90 Å². The molecule has 0 amide bonds. The zero-order chi connectivity index (χ0) is 10.5. The Labute approximate surface area is 89.2 Å². The lowest BCUT2D eigenvalue weighted by Crippen LogP contribution is -2.00. The van der Waals surface area contributed by atoms with Crippen LogP contribution in [-0.2, 0) is 11.3 Å². The number of hydrogen-bond donors (Lipinski definition) is 2. The number of H-pyrrole nitrogens is 1. The van der Waals surface area contributed by atoms with Gasteiger partial charge in [0.05, 0.1) is 6.61 Å². The average molecular weight is 204 g/mol. The van der Waals surface area contributed by atoms with Crippen molar-refractivity contribution in [3.63, 3.8) is 0 Å². The summed E-state index contributed by atoms with van der Waals surface area (Å²) in [5.41, 5.74) is 2.59. The van der Waals surface area contributed by atoms with Crippen molar-refractivity contribution in [1.29, 1.82) is 0 Å². The SMILES string of the molecule is NOCCCCc1c[nH]c2ccccc12. The van der Waals surface area contributed by atoms with Crippen LogP contribution in [0.25, 0.3) is 10.9 Å². The molecule has 0 aliphatic carbocycles. The van der Waals surface area contributed by atoms with Crippen LogP contribution in [0.4, 0.5) is 0 Å². The maximum atomic E-state index is 4.97. The first kappa shape index (κ1) is 10.2. The summed E-state index contributed by atoms with van der Waals surface area (Å²) in [7, 11) is 0. The summed E-state index contributed by atoms with van der Waals surface area (Å²) < 4.78 is 0. The van der Waals surface area contributed by atoms with E-state index < -0.39 is 0 Å². The van der Waals surface area contributed by atoms with Gasteiger partial charge in [-0.3, -0.25) is 0 Å². The topological polar surface area (TPSA) is 51.0 Å². The van der Waals surface area contributed by atoms with E-state index >= 15 is 0 Å². The number of aromatic nitrogens is 1. The number of hydrogen-bond acceptors (Lipinski definition) is 2.